The normalized spacial score (nSPS) is 11.1. The Morgan fingerprint density at radius 2 is 1.13 bits per heavy atom. The average molecular weight is 849 g/mol. The van der Waals surface area contributed by atoms with Gasteiger partial charge in [-0.25, -0.2) is 0 Å². The highest BCUT2D eigenvalue weighted by Crippen LogP contribution is 2.21. The topological polar surface area (TPSA) is 311 Å². The fourth-order valence-corrected chi connectivity index (χ4v) is 4.25. The first-order valence-electron chi connectivity index (χ1n) is 22.2. The van der Waals surface area contributed by atoms with E-state index in [0.717, 1.165) is 82.7 Å². The van der Waals surface area contributed by atoms with Crippen LogP contribution in [0.25, 0.3) is 0 Å². The van der Waals surface area contributed by atoms with Crippen LogP contribution in [-0.2, 0) is 24.3 Å². The van der Waals surface area contributed by atoms with Crippen molar-refractivity contribution in [1.82, 2.24) is 0 Å². The molecule has 0 spiro atoms. The van der Waals surface area contributed by atoms with Gasteiger partial charge in [-0.15, -0.1) is 0 Å². The van der Waals surface area contributed by atoms with E-state index >= 15 is 0 Å². The van der Waals surface area contributed by atoms with E-state index in [1.807, 2.05) is 60.7 Å². The summed E-state index contributed by atoms with van der Waals surface area (Å²) in [5.41, 5.74) is 54.5. The maximum Gasteiger partial charge on any atom is 0.304 e. The molecule has 0 bridgehead atoms. The molecule has 13 heteroatoms. The molecule has 21 N–H and O–H groups in total. The number of unbranched alkanes of at least 4 members (excludes halogenated alkanes) is 2. The van der Waals surface area contributed by atoms with E-state index in [-0.39, 0.29) is 13.0 Å². The van der Waals surface area contributed by atoms with Gasteiger partial charge in [0.2, 0.25) is 0 Å². The minimum Gasteiger partial charge on any atom is -0.481 e. The molecular weight excluding hydrogens is 753 g/mol. The SMILES string of the molecule is CC(C)CCN.CC(C)CN.CCCCCN.NCC1CCCCC1.NCCC(=O)O.NCCCN.NCCc1ccccc1.NCc1ccccc1.NCc1ccco1. The largest absolute Gasteiger partial charge is 0.481 e. The van der Waals surface area contributed by atoms with Crippen molar-refractivity contribution in [3.63, 3.8) is 0 Å². The number of furan rings is 1. The summed E-state index contributed by atoms with van der Waals surface area (Å²) in [6.45, 7) is 17.7. The van der Waals surface area contributed by atoms with E-state index < -0.39 is 5.97 Å². The van der Waals surface area contributed by atoms with Gasteiger partial charge in [0.05, 0.1) is 19.2 Å². The third-order valence-electron chi connectivity index (χ3n) is 7.98. The molecule has 0 atom stereocenters. The lowest BCUT2D eigenvalue weighted by Crippen LogP contribution is -2.16. The summed E-state index contributed by atoms with van der Waals surface area (Å²) in [4.78, 5) is 9.52. The van der Waals surface area contributed by atoms with Crippen molar-refractivity contribution in [2.24, 2.45) is 75.1 Å². The van der Waals surface area contributed by atoms with Crippen LogP contribution in [-0.4, -0.2) is 63.4 Å². The third-order valence-corrected chi connectivity index (χ3v) is 7.98. The summed E-state index contributed by atoms with van der Waals surface area (Å²) in [7, 11) is 0. The van der Waals surface area contributed by atoms with Crippen molar-refractivity contribution in [2.75, 3.05) is 52.4 Å². The van der Waals surface area contributed by atoms with Crippen molar-refractivity contribution >= 4 is 5.97 Å². The average Bonchev–Trinajstić information content (AvgIpc) is 3.81. The summed E-state index contributed by atoms with van der Waals surface area (Å²) in [6.07, 6.45) is 15.6. The van der Waals surface area contributed by atoms with Crippen LogP contribution < -0.4 is 57.3 Å². The zero-order valence-electron chi connectivity index (χ0n) is 38.8. The molecule has 1 fully saturated rings. The first-order valence-corrected chi connectivity index (χ1v) is 22.2. The van der Waals surface area contributed by atoms with E-state index in [2.05, 4.69) is 46.8 Å². The van der Waals surface area contributed by atoms with E-state index in [9.17, 15) is 4.79 Å². The van der Waals surface area contributed by atoms with Crippen LogP contribution in [0.15, 0.2) is 83.5 Å². The molecule has 0 saturated heterocycles. The fourth-order valence-electron chi connectivity index (χ4n) is 4.25. The van der Waals surface area contributed by atoms with E-state index in [1.54, 1.807) is 6.26 Å². The lowest BCUT2D eigenvalue weighted by molar-refractivity contribution is -0.136. The number of carbonyl (C=O) groups is 1. The Balaban J connectivity index is -0.000000191. The number of rotatable bonds is 15. The zero-order valence-corrected chi connectivity index (χ0v) is 38.8. The molecule has 1 aliphatic carbocycles. The monoisotopic (exact) mass is 849 g/mol. The number of carboxylic acids is 1. The Morgan fingerprint density at radius 1 is 0.617 bits per heavy atom. The zero-order chi connectivity index (χ0) is 46.5. The lowest BCUT2D eigenvalue weighted by atomic mass is 9.90. The van der Waals surface area contributed by atoms with Gasteiger partial charge in [-0.2, -0.15) is 0 Å². The summed E-state index contributed by atoms with van der Waals surface area (Å²) in [6, 6.07) is 23.9. The maximum atomic E-state index is 9.52. The molecule has 0 amide bonds. The molecule has 352 valence electrons. The van der Waals surface area contributed by atoms with Gasteiger partial charge < -0.3 is 66.9 Å². The number of hydrogen-bond acceptors (Lipinski definition) is 12. The second-order valence-corrected chi connectivity index (χ2v) is 14.7. The first kappa shape index (κ1) is 65.9. The summed E-state index contributed by atoms with van der Waals surface area (Å²) >= 11 is 0. The van der Waals surface area contributed by atoms with E-state index in [1.165, 1.54) is 62.5 Å². The molecule has 3 aromatic rings. The molecule has 4 rings (SSSR count). The second-order valence-electron chi connectivity index (χ2n) is 14.7. The number of carboxylic acid groups (broad SMARTS) is 1. The van der Waals surface area contributed by atoms with Crippen LogP contribution in [0.1, 0.15) is 122 Å². The van der Waals surface area contributed by atoms with Gasteiger partial charge in [0, 0.05) is 13.1 Å². The number of benzene rings is 2. The van der Waals surface area contributed by atoms with Crippen LogP contribution in [0.3, 0.4) is 0 Å². The molecule has 0 radical (unpaired) electrons. The second kappa shape index (κ2) is 57.9. The Labute approximate surface area is 367 Å². The lowest BCUT2D eigenvalue weighted by Gasteiger charge is -2.18. The van der Waals surface area contributed by atoms with Crippen molar-refractivity contribution in [1.29, 1.82) is 0 Å². The number of hydrogen-bond donors (Lipinski definition) is 11. The highest BCUT2D eigenvalue weighted by atomic mass is 16.4. The summed E-state index contributed by atoms with van der Waals surface area (Å²) in [5.74, 6) is 2.30. The molecule has 1 aliphatic rings. The quantitative estimate of drug-likeness (QED) is 0.0779. The van der Waals surface area contributed by atoms with Crippen LogP contribution in [0.4, 0.5) is 0 Å². The molecule has 1 saturated carbocycles. The van der Waals surface area contributed by atoms with Gasteiger partial charge in [-0.05, 0) is 125 Å². The predicted octanol–water partition coefficient (Wildman–Crippen LogP) is 6.04. The fraction of sp³-hybridized carbons (Fsp3) is 0.638. The Kier molecular flexibility index (Phi) is 63.6. The first-order chi connectivity index (χ1) is 28.9. The van der Waals surface area contributed by atoms with Crippen molar-refractivity contribution in [3.05, 3.63) is 95.9 Å². The molecule has 1 heterocycles. The highest BCUT2D eigenvalue weighted by Gasteiger charge is 2.10. The van der Waals surface area contributed by atoms with E-state index in [0.29, 0.717) is 19.0 Å². The molecular formula is C47H96N10O3. The van der Waals surface area contributed by atoms with Crippen molar-refractivity contribution < 1.29 is 14.3 Å². The Morgan fingerprint density at radius 3 is 1.33 bits per heavy atom. The van der Waals surface area contributed by atoms with Gasteiger partial charge in [-0.1, -0.05) is 127 Å². The summed E-state index contributed by atoms with van der Waals surface area (Å²) in [5, 5.41) is 7.83. The number of nitrogens with two attached hydrogens (primary N) is 10. The smallest absolute Gasteiger partial charge is 0.304 e. The van der Waals surface area contributed by atoms with Gasteiger partial charge in [-0.3, -0.25) is 4.79 Å². The minimum atomic E-state index is -0.836. The third kappa shape index (κ3) is 63.9. The molecule has 0 unspecified atom stereocenters. The van der Waals surface area contributed by atoms with Gasteiger partial charge >= 0.3 is 5.97 Å². The Hall–Kier alpha value is -3.21. The predicted molar refractivity (Wildman–Crippen MR) is 261 cm³/mol. The van der Waals surface area contributed by atoms with Crippen LogP contribution in [0.5, 0.6) is 0 Å². The van der Waals surface area contributed by atoms with Gasteiger partial charge in [0.1, 0.15) is 5.76 Å². The van der Waals surface area contributed by atoms with Crippen molar-refractivity contribution in [3.8, 4) is 0 Å². The minimum absolute atomic E-state index is 0.0694. The van der Waals surface area contributed by atoms with Gasteiger partial charge in [0.15, 0.2) is 0 Å². The summed E-state index contributed by atoms with van der Waals surface area (Å²) < 4.78 is 4.86. The van der Waals surface area contributed by atoms with E-state index in [4.69, 9.17) is 66.9 Å². The van der Waals surface area contributed by atoms with Gasteiger partial charge in [0.25, 0.3) is 0 Å². The van der Waals surface area contributed by atoms with Crippen molar-refractivity contribution in [2.45, 2.75) is 125 Å². The molecule has 1 aromatic heterocycles. The molecule has 2 aromatic carbocycles. The van der Waals surface area contributed by atoms with Crippen LogP contribution in [0, 0.1) is 17.8 Å². The Bertz CT molecular complexity index is 1130. The van der Waals surface area contributed by atoms with Crippen LogP contribution in [0.2, 0.25) is 0 Å². The molecule has 13 nitrogen and oxygen atoms in total. The molecule has 0 aliphatic heterocycles. The standard InChI is InChI=1S/C8H11N.C7H15N.C7H9N.C5H7NO.2C5H13N.C4H11N.C3H10N2.C3H7NO2/c9-7-6-8-4-2-1-3-5-8;2*8-6-7-4-2-1-3-5-7;6-4-5-2-1-3-7-5;1-5(2)3-4-6;1-2-3-4-5-6;1-4(2)3-5;4-2-1-3-5;4-2-1-3(5)6/h1-5H,6-7,9H2;7H,1-6,8H2;1-5H,6,8H2;1-3H,4,6H2;5H,3-4,6H2,1-2H3;2-6H2,1H3;4H,3,5H2,1-2H3;1-5H2;1-2,4H2,(H,5,6). The molecule has 60 heavy (non-hydrogen) atoms. The highest BCUT2D eigenvalue weighted by molar-refractivity contribution is 5.66. The van der Waals surface area contributed by atoms with Crippen LogP contribution >= 0.6 is 0 Å². The maximum absolute atomic E-state index is 9.52. The number of aliphatic carboxylic acids is 1.